The fourth-order valence-electron chi connectivity index (χ4n) is 1.30. The van der Waals surface area contributed by atoms with Crippen LogP contribution in [0.5, 0.6) is 5.88 Å². The van der Waals surface area contributed by atoms with Gasteiger partial charge in [-0.1, -0.05) is 0 Å². The first kappa shape index (κ1) is 6.73. The van der Waals surface area contributed by atoms with E-state index in [1.807, 2.05) is 18.3 Å². The van der Waals surface area contributed by atoms with Crippen molar-refractivity contribution in [3.8, 4) is 5.88 Å². The molecule has 3 nitrogen and oxygen atoms in total. The maximum Gasteiger partial charge on any atom is 0.191 e. The molecule has 0 amide bonds. The zero-order chi connectivity index (χ0) is 7.52. The summed E-state index contributed by atoms with van der Waals surface area (Å²) in [5.74, 6) is 0.874. The molecule has 1 aromatic heterocycles. The number of hydrogen-bond donors (Lipinski definition) is 2. The average molecular weight is 152 g/mol. The predicted octanol–water partition coefficient (Wildman–Crippen LogP) is 0.755. The molecule has 0 radical (unpaired) electrons. The Balaban J connectivity index is 1.90. The summed E-state index contributed by atoms with van der Waals surface area (Å²) in [6, 6.07) is 3.88. The molecule has 0 saturated carbocycles. The van der Waals surface area contributed by atoms with Gasteiger partial charge in [0.25, 0.3) is 0 Å². The van der Waals surface area contributed by atoms with Crippen LogP contribution in [-0.2, 0) is 0 Å². The van der Waals surface area contributed by atoms with Crippen molar-refractivity contribution < 1.29 is 4.74 Å². The Hall–Kier alpha value is -0.960. The maximum atomic E-state index is 5.60. The zero-order valence-electron chi connectivity index (χ0n) is 6.34. The highest BCUT2D eigenvalue weighted by atomic mass is 16.5. The van der Waals surface area contributed by atoms with Gasteiger partial charge in [0.1, 0.15) is 6.10 Å². The highest BCUT2D eigenvalue weighted by Crippen LogP contribution is 2.10. The van der Waals surface area contributed by atoms with Crippen molar-refractivity contribution in [2.75, 3.05) is 13.1 Å². The standard InChI is InChI=1S/C8H12N2O/c1-2-8(10-4-1)11-7-3-5-9-6-7/h1-2,4,7,9-10H,3,5-6H2. The van der Waals surface area contributed by atoms with Gasteiger partial charge in [-0.05, 0) is 25.1 Å². The molecule has 2 rings (SSSR count). The highest BCUT2D eigenvalue weighted by Gasteiger charge is 2.15. The molecular formula is C8H12N2O. The summed E-state index contributed by atoms with van der Waals surface area (Å²) in [4.78, 5) is 3.01. The summed E-state index contributed by atoms with van der Waals surface area (Å²) >= 11 is 0. The molecule has 1 aromatic rings. The second kappa shape index (κ2) is 2.96. The Morgan fingerprint density at radius 1 is 1.55 bits per heavy atom. The number of ether oxygens (including phenoxy) is 1. The molecule has 2 heterocycles. The van der Waals surface area contributed by atoms with Gasteiger partial charge in [-0.15, -0.1) is 0 Å². The molecular weight excluding hydrogens is 140 g/mol. The van der Waals surface area contributed by atoms with E-state index in [1.165, 1.54) is 0 Å². The van der Waals surface area contributed by atoms with Gasteiger partial charge in [0, 0.05) is 12.7 Å². The van der Waals surface area contributed by atoms with E-state index in [9.17, 15) is 0 Å². The molecule has 1 aliphatic heterocycles. The lowest BCUT2D eigenvalue weighted by atomic mass is 10.3. The fraction of sp³-hybridized carbons (Fsp3) is 0.500. The summed E-state index contributed by atoms with van der Waals surface area (Å²) in [5, 5.41) is 3.25. The fourth-order valence-corrected chi connectivity index (χ4v) is 1.30. The Kier molecular flexibility index (Phi) is 1.81. The Morgan fingerprint density at radius 2 is 2.55 bits per heavy atom. The van der Waals surface area contributed by atoms with Crippen LogP contribution in [0.15, 0.2) is 18.3 Å². The lowest BCUT2D eigenvalue weighted by molar-refractivity contribution is 0.215. The van der Waals surface area contributed by atoms with E-state index in [-0.39, 0.29) is 0 Å². The van der Waals surface area contributed by atoms with Crippen LogP contribution in [0.25, 0.3) is 0 Å². The molecule has 1 fully saturated rings. The molecule has 0 aromatic carbocycles. The van der Waals surface area contributed by atoms with Crippen LogP contribution in [-0.4, -0.2) is 24.2 Å². The zero-order valence-corrected chi connectivity index (χ0v) is 6.34. The van der Waals surface area contributed by atoms with Crippen LogP contribution in [0.1, 0.15) is 6.42 Å². The average Bonchev–Trinajstić information content (AvgIpc) is 2.60. The van der Waals surface area contributed by atoms with Crippen LogP contribution in [0.3, 0.4) is 0 Å². The van der Waals surface area contributed by atoms with Gasteiger partial charge in [0.2, 0.25) is 0 Å². The molecule has 11 heavy (non-hydrogen) atoms. The van der Waals surface area contributed by atoms with Crippen molar-refractivity contribution >= 4 is 0 Å². The number of hydrogen-bond acceptors (Lipinski definition) is 2. The minimum absolute atomic E-state index is 0.355. The Morgan fingerprint density at radius 3 is 3.18 bits per heavy atom. The number of aromatic amines is 1. The SMILES string of the molecule is c1c[nH]c(OC2CCNC2)c1. The molecule has 0 aliphatic carbocycles. The monoisotopic (exact) mass is 152 g/mol. The van der Waals surface area contributed by atoms with E-state index in [0.717, 1.165) is 25.4 Å². The van der Waals surface area contributed by atoms with E-state index >= 15 is 0 Å². The van der Waals surface area contributed by atoms with E-state index < -0.39 is 0 Å². The first-order valence-electron chi connectivity index (χ1n) is 3.96. The third kappa shape index (κ3) is 1.54. The van der Waals surface area contributed by atoms with Crippen molar-refractivity contribution in [1.82, 2.24) is 10.3 Å². The van der Waals surface area contributed by atoms with Crippen molar-refractivity contribution in [2.24, 2.45) is 0 Å². The Bertz CT molecular complexity index is 202. The molecule has 0 spiro atoms. The second-order valence-corrected chi connectivity index (χ2v) is 2.77. The van der Waals surface area contributed by atoms with Crippen LogP contribution in [0.4, 0.5) is 0 Å². The summed E-state index contributed by atoms with van der Waals surface area (Å²) < 4.78 is 5.60. The second-order valence-electron chi connectivity index (χ2n) is 2.77. The Labute approximate surface area is 65.8 Å². The third-order valence-electron chi connectivity index (χ3n) is 1.88. The van der Waals surface area contributed by atoms with Crippen molar-refractivity contribution in [2.45, 2.75) is 12.5 Å². The number of aromatic nitrogens is 1. The van der Waals surface area contributed by atoms with Gasteiger partial charge in [-0.3, -0.25) is 0 Å². The predicted molar refractivity (Wildman–Crippen MR) is 42.7 cm³/mol. The molecule has 1 aliphatic rings. The smallest absolute Gasteiger partial charge is 0.191 e. The van der Waals surface area contributed by atoms with Gasteiger partial charge in [-0.25, -0.2) is 0 Å². The largest absolute Gasteiger partial charge is 0.474 e. The lowest BCUT2D eigenvalue weighted by Gasteiger charge is -2.09. The summed E-state index contributed by atoms with van der Waals surface area (Å²) in [7, 11) is 0. The quantitative estimate of drug-likeness (QED) is 0.656. The topological polar surface area (TPSA) is 37.0 Å². The van der Waals surface area contributed by atoms with E-state index in [4.69, 9.17) is 4.74 Å². The summed E-state index contributed by atoms with van der Waals surface area (Å²) in [5.41, 5.74) is 0. The van der Waals surface area contributed by atoms with Gasteiger partial charge in [0.15, 0.2) is 5.88 Å². The van der Waals surface area contributed by atoms with Crippen LogP contribution >= 0.6 is 0 Å². The molecule has 3 heteroatoms. The number of nitrogens with one attached hydrogen (secondary N) is 2. The number of rotatable bonds is 2. The molecule has 1 saturated heterocycles. The van der Waals surface area contributed by atoms with Gasteiger partial charge in [0.05, 0.1) is 0 Å². The van der Waals surface area contributed by atoms with Crippen molar-refractivity contribution in [3.05, 3.63) is 18.3 Å². The third-order valence-corrected chi connectivity index (χ3v) is 1.88. The first-order valence-corrected chi connectivity index (χ1v) is 3.96. The van der Waals surface area contributed by atoms with E-state index in [0.29, 0.717) is 6.10 Å². The lowest BCUT2D eigenvalue weighted by Crippen LogP contribution is -2.19. The van der Waals surface area contributed by atoms with Crippen LogP contribution < -0.4 is 10.1 Å². The van der Waals surface area contributed by atoms with Gasteiger partial charge >= 0.3 is 0 Å². The number of H-pyrrole nitrogens is 1. The molecule has 1 atom stereocenters. The minimum atomic E-state index is 0.355. The minimum Gasteiger partial charge on any atom is -0.474 e. The normalized spacial score (nSPS) is 23.8. The molecule has 0 bridgehead atoms. The van der Waals surface area contributed by atoms with Crippen LogP contribution in [0.2, 0.25) is 0 Å². The summed E-state index contributed by atoms with van der Waals surface area (Å²) in [6.07, 6.45) is 3.34. The van der Waals surface area contributed by atoms with E-state index in [1.54, 1.807) is 0 Å². The molecule has 60 valence electrons. The first-order chi connectivity index (χ1) is 5.45. The maximum absolute atomic E-state index is 5.60. The van der Waals surface area contributed by atoms with Crippen LogP contribution in [0, 0.1) is 0 Å². The van der Waals surface area contributed by atoms with E-state index in [2.05, 4.69) is 10.3 Å². The van der Waals surface area contributed by atoms with Gasteiger partial charge < -0.3 is 15.0 Å². The molecule has 1 unspecified atom stereocenters. The molecule has 2 N–H and O–H groups in total. The van der Waals surface area contributed by atoms with Crippen molar-refractivity contribution in [1.29, 1.82) is 0 Å². The van der Waals surface area contributed by atoms with Crippen molar-refractivity contribution in [3.63, 3.8) is 0 Å². The highest BCUT2D eigenvalue weighted by molar-refractivity contribution is 5.10. The van der Waals surface area contributed by atoms with Gasteiger partial charge in [-0.2, -0.15) is 0 Å². The summed E-state index contributed by atoms with van der Waals surface area (Å²) in [6.45, 7) is 2.05.